The Morgan fingerprint density at radius 1 is 0.882 bits per heavy atom. The average Bonchev–Trinajstić information content (AvgIpc) is 2.81. The minimum atomic E-state index is -4.05. The predicted molar refractivity (Wildman–Crippen MR) is 123 cm³/mol. The largest absolute Gasteiger partial charge is 0.497 e. The molecule has 0 saturated heterocycles. The number of anilines is 1. The topological polar surface area (TPSA) is 149 Å². The summed E-state index contributed by atoms with van der Waals surface area (Å²) in [7, 11) is -1.10. The SMILES string of the molecule is COc1ccc(NC(=O)NC(=O)COC(=O)C(NS(=O)(=O)c2ccc(OC)cc2)C(C)C)cc1. The number of benzene rings is 2. The van der Waals surface area contributed by atoms with Gasteiger partial charge < -0.3 is 19.5 Å². The first kappa shape index (κ1) is 26.6. The molecule has 0 saturated carbocycles. The van der Waals surface area contributed by atoms with Crippen molar-refractivity contribution in [3.8, 4) is 11.5 Å². The summed E-state index contributed by atoms with van der Waals surface area (Å²) >= 11 is 0. The summed E-state index contributed by atoms with van der Waals surface area (Å²) in [5.74, 6) is -1.27. The maximum absolute atomic E-state index is 12.6. The van der Waals surface area contributed by atoms with Gasteiger partial charge >= 0.3 is 12.0 Å². The molecule has 0 aromatic heterocycles. The van der Waals surface area contributed by atoms with Crippen LogP contribution in [0.2, 0.25) is 0 Å². The smallest absolute Gasteiger partial charge is 0.325 e. The fraction of sp³-hybridized carbons (Fsp3) is 0.318. The Hall–Kier alpha value is -3.64. The van der Waals surface area contributed by atoms with Crippen LogP contribution in [0.25, 0.3) is 0 Å². The van der Waals surface area contributed by atoms with E-state index in [2.05, 4.69) is 10.0 Å². The molecule has 1 unspecified atom stereocenters. The van der Waals surface area contributed by atoms with Gasteiger partial charge in [-0.1, -0.05) is 13.8 Å². The maximum Gasteiger partial charge on any atom is 0.325 e. The number of urea groups is 1. The Bertz CT molecular complexity index is 1100. The highest BCUT2D eigenvalue weighted by Gasteiger charge is 2.30. The second-order valence-corrected chi connectivity index (χ2v) is 9.07. The summed E-state index contributed by atoms with van der Waals surface area (Å²) in [5, 5.41) is 4.46. The van der Waals surface area contributed by atoms with Gasteiger partial charge in [0.2, 0.25) is 10.0 Å². The monoisotopic (exact) mass is 493 g/mol. The van der Waals surface area contributed by atoms with Crippen molar-refractivity contribution in [2.45, 2.75) is 24.8 Å². The Balaban J connectivity index is 1.91. The molecule has 0 spiro atoms. The third-order valence-corrected chi connectivity index (χ3v) is 5.98. The van der Waals surface area contributed by atoms with Gasteiger partial charge in [0.15, 0.2) is 6.61 Å². The highest BCUT2D eigenvalue weighted by molar-refractivity contribution is 7.89. The lowest BCUT2D eigenvalue weighted by molar-refractivity contribution is -0.150. The van der Waals surface area contributed by atoms with Crippen LogP contribution in [0.15, 0.2) is 53.4 Å². The van der Waals surface area contributed by atoms with Gasteiger partial charge in [0.1, 0.15) is 17.5 Å². The van der Waals surface area contributed by atoms with Crippen LogP contribution in [0.5, 0.6) is 11.5 Å². The fourth-order valence-electron chi connectivity index (χ4n) is 2.67. The lowest BCUT2D eigenvalue weighted by Gasteiger charge is -2.20. The Kier molecular flexibility index (Phi) is 9.39. The normalized spacial score (nSPS) is 11.9. The van der Waals surface area contributed by atoms with E-state index in [1.165, 1.54) is 38.5 Å². The van der Waals surface area contributed by atoms with Gasteiger partial charge in [-0.05, 0) is 54.4 Å². The molecule has 2 rings (SSSR count). The number of nitrogens with one attached hydrogen (secondary N) is 3. The zero-order chi connectivity index (χ0) is 25.3. The van der Waals surface area contributed by atoms with Gasteiger partial charge in [0, 0.05) is 5.69 Å². The number of ether oxygens (including phenoxy) is 3. The molecule has 0 bridgehead atoms. The van der Waals surface area contributed by atoms with E-state index in [0.717, 1.165) is 0 Å². The van der Waals surface area contributed by atoms with Crippen LogP contribution < -0.4 is 24.8 Å². The van der Waals surface area contributed by atoms with Crippen LogP contribution >= 0.6 is 0 Å². The van der Waals surface area contributed by atoms with Crippen LogP contribution in [0.4, 0.5) is 10.5 Å². The highest BCUT2D eigenvalue weighted by atomic mass is 32.2. The van der Waals surface area contributed by atoms with Crippen LogP contribution in [-0.4, -0.2) is 53.2 Å². The van der Waals surface area contributed by atoms with Crippen LogP contribution in [0.3, 0.4) is 0 Å². The molecule has 3 N–H and O–H groups in total. The van der Waals surface area contributed by atoms with Crippen molar-refractivity contribution in [2.75, 3.05) is 26.1 Å². The quantitative estimate of drug-likeness (QED) is 0.425. The molecule has 0 aliphatic heterocycles. The standard InChI is InChI=1S/C22H27N3O8S/c1-14(2)20(25-34(29,30)18-11-9-17(32-4)10-12-18)21(27)33-13-19(26)24-22(28)23-15-5-7-16(31-3)8-6-15/h5-12,14,20,25H,13H2,1-4H3,(H2,23,24,26,28). The number of esters is 1. The summed E-state index contributed by atoms with van der Waals surface area (Å²) in [4.78, 5) is 36.3. The second-order valence-electron chi connectivity index (χ2n) is 7.36. The molecule has 1 atom stereocenters. The number of methoxy groups -OCH3 is 2. The van der Waals surface area contributed by atoms with Crippen LogP contribution in [-0.2, 0) is 24.3 Å². The van der Waals surface area contributed by atoms with E-state index in [-0.39, 0.29) is 4.90 Å². The highest BCUT2D eigenvalue weighted by Crippen LogP contribution is 2.17. The summed E-state index contributed by atoms with van der Waals surface area (Å²) < 4.78 is 42.5. The van der Waals surface area contributed by atoms with Crippen molar-refractivity contribution in [1.82, 2.24) is 10.0 Å². The van der Waals surface area contributed by atoms with Gasteiger partial charge in [0.25, 0.3) is 5.91 Å². The second kappa shape index (κ2) is 12.0. The maximum atomic E-state index is 12.6. The van der Waals surface area contributed by atoms with Gasteiger partial charge in [-0.15, -0.1) is 0 Å². The van der Waals surface area contributed by atoms with E-state index in [4.69, 9.17) is 14.2 Å². The molecule has 0 heterocycles. The van der Waals surface area contributed by atoms with Crippen molar-refractivity contribution < 1.29 is 37.0 Å². The Labute approximate surface area is 197 Å². The van der Waals surface area contributed by atoms with Crippen molar-refractivity contribution in [3.63, 3.8) is 0 Å². The lowest BCUT2D eigenvalue weighted by Crippen LogP contribution is -2.46. The minimum absolute atomic E-state index is 0.0697. The summed E-state index contributed by atoms with van der Waals surface area (Å²) in [6.45, 7) is 2.46. The Morgan fingerprint density at radius 2 is 1.41 bits per heavy atom. The van der Waals surface area contributed by atoms with E-state index >= 15 is 0 Å². The first-order valence-corrected chi connectivity index (χ1v) is 11.6. The van der Waals surface area contributed by atoms with Crippen molar-refractivity contribution in [2.24, 2.45) is 5.92 Å². The van der Waals surface area contributed by atoms with Gasteiger partial charge in [-0.3, -0.25) is 14.9 Å². The molecule has 2 aromatic carbocycles. The van der Waals surface area contributed by atoms with Gasteiger partial charge in [0.05, 0.1) is 19.1 Å². The fourth-order valence-corrected chi connectivity index (χ4v) is 4.01. The first-order valence-electron chi connectivity index (χ1n) is 10.1. The van der Waals surface area contributed by atoms with Crippen LogP contribution in [0.1, 0.15) is 13.8 Å². The molecule has 3 amide bonds. The van der Waals surface area contributed by atoms with E-state index in [9.17, 15) is 22.8 Å². The van der Waals surface area contributed by atoms with E-state index in [1.54, 1.807) is 38.1 Å². The number of hydrogen-bond donors (Lipinski definition) is 3. The summed E-state index contributed by atoms with van der Waals surface area (Å²) in [6, 6.07) is 9.92. The van der Waals surface area contributed by atoms with Crippen molar-refractivity contribution >= 4 is 33.6 Å². The Morgan fingerprint density at radius 3 is 1.91 bits per heavy atom. The summed E-state index contributed by atoms with van der Waals surface area (Å²) in [5.41, 5.74) is 0.413. The number of sulfonamides is 1. The third kappa shape index (κ3) is 7.74. The predicted octanol–water partition coefficient (Wildman–Crippen LogP) is 1.90. The molecule has 11 nitrogen and oxygen atoms in total. The third-order valence-electron chi connectivity index (χ3n) is 4.52. The molecule has 12 heteroatoms. The zero-order valence-electron chi connectivity index (χ0n) is 19.2. The molecule has 0 radical (unpaired) electrons. The average molecular weight is 494 g/mol. The minimum Gasteiger partial charge on any atom is -0.497 e. The lowest BCUT2D eigenvalue weighted by atomic mass is 10.1. The van der Waals surface area contributed by atoms with Crippen molar-refractivity contribution in [1.29, 1.82) is 0 Å². The molecule has 184 valence electrons. The van der Waals surface area contributed by atoms with E-state index in [1.807, 2.05) is 5.32 Å². The number of rotatable bonds is 10. The first-order chi connectivity index (χ1) is 16.1. The number of carbonyl (C=O) groups excluding carboxylic acids is 3. The van der Waals surface area contributed by atoms with Crippen molar-refractivity contribution in [3.05, 3.63) is 48.5 Å². The molecule has 2 aromatic rings. The van der Waals surface area contributed by atoms with Crippen LogP contribution in [0, 0.1) is 5.92 Å². The van der Waals surface area contributed by atoms with Gasteiger partial charge in [-0.25, -0.2) is 13.2 Å². The number of carbonyl (C=O) groups is 3. The molecule has 0 fully saturated rings. The number of hydrogen-bond acceptors (Lipinski definition) is 8. The number of imide groups is 1. The molecular weight excluding hydrogens is 466 g/mol. The molecule has 0 aliphatic carbocycles. The van der Waals surface area contributed by atoms with E-state index in [0.29, 0.717) is 17.2 Å². The summed E-state index contributed by atoms with van der Waals surface area (Å²) in [6.07, 6.45) is 0. The molecule has 0 aliphatic rings. The molecule has 34 heavy (non-hydrogen) atoms. The number of amides is 3. The molecular formula is C22H27N3O8S. The zero-order valence-corrected chi connectivity index (χ0v) is 20.0. The van der Waals surface area contributed by atoms with E-state index < -0.39 is 46.5 Å². The van der Waals surface area contributed by atoms with Gasteiger partial charge in [-0.2, -0.15) is 4.72 Å².